The van der Waals surface area contributed by atoms with Crippen LogP contribution in [0.25, 0.3) is 28.3 Å². The molecule has 0 saturated heterocycles. The molecule has 0 aliphatic carbocycles. The number of rotatable bonds is 14. The molecule has 4 aromatic rings. The van der Waals surface area contributed by atoms with Crippen LogP contribution in [0.3, 0.4) is 0 Å². The Morgan fingerprint density at radius 1 is 0.958 bits per heavy atom. The van der Waals surface area contributed by atoms with E-state index in [9.17, 15) is 34.1 Å². The van der Waals surface area contributed by atoms with Crippen LogP contribution in [0, 0.1) is 5.82 Å². The number of aliphatic carboxylic acids is 1. The minimum absolute atomic E-state index is 0. The molecule has 3 N–H and O–H groups in total. The number of hydrogen-bond donors (Lipinski definition) is 3. The number of nitrogens with zero attached hydrogens (tertiary/aromatic N) is 1. The van der Waals surface area contributed by atoms with Crippen LogP contribution in [0.2, 0.25) is 0 Å². The first-order valence-corrected chi connectivity index (χ1v) is 15.4. The molecule has 1 heterocycles. The third-order valence-corrected chi connectivity index (χ3v) is 7.45. The summed E-state index contributed by atoms with van der Waals surface area (Å²) in [6.45, 7) is 5.87. The van der Waals surface area contributed by atoms with E-state index >= 15 is 0 Å². The predicted molar refractivity (Wildman–Crippen MR) is 175 cm³/mol. The van der Waals surface area contributed by atoms with Gasteiger partial charge in [0.25, 0.3) is 5.91 Å². The van der Waals surface area contributed by atoms with E-state index in [-0.39, 0.29) is 55.2 Å². The molecule has 4 rings (SSSR count). The van der Waals surface area contributed by atoms with E-state index in [1.165, 1.54) is 18.2 Å². The summed E-state index contributed by atoms with van der Waals surface area (Å²) >= 11 is 0. The number of esters is 1. The van der Waals surface area contributed by atoms with Crippen LogP contribution in [0.4, 0.5) is 4.39 Å². The zero-order chi connectivity index (χ0) is 34.1. The summed E-state index contributed by atoms with van der Waals surface area (Å²) in [4.78, 5) is 37.4. The first kappa shape index (κ1) is 38.4. The second-order valence-electron chi connectivity index (χ2n) is 11.3. The van der Waals surface area contributed by atoms with E-state index in [1.54, 1.807) is 49.4 Å². The van der Waals surface area contributed by atoms with E-state index in [1.807, 2.05) is 48.7 Å². The molecule has 1 amide bonds. The number of nitrogens with one attached hydrogen (secondary N) is 1. The van der Waals surface area contributed by atoms with Gasteiger partial charge in [-0.15, -0.1) is 0 Å². The Morgan fingerprint density at radius 3 is 2.25 bits per heavy atom. The normalized spacial score (nSPS) is 12.4. The van der Waals surface area contributed by atoms with Crippen LogP contribution in [0.15, 0.2) is 84.9 Å². The van der Waals surface area contributed by atoms with E-state index in [4.69, 9.17) is 4.74 Å². The predicted octanol–water partition coefficient (Wildman–Crippen LogP) is 1.92. The molecule has 0 aliphatic heterocycles. The van der Waals surface area contributed by atoms with Crippen molar-refractivity contribution in [2.75, 3.05) is 6.61 Å². The van der Waals surface area contributed by atoms with Crippen molar-refractivity contribution in [3.8, 4) is 22.3 Å². The fraction of sp³-hybridized carbons (Fsp3) is 0.270. The molecule has 0 unspecified atom stereocenters. The standard InChI is InChI=1S/C37H39FN2O7.Na/c1-4-47-37(46)27-12-8-9-24(19-27)22-39-36(45)35-34(25-10-6-5-7-11-25)33(26-13-15-28(38)16-14-26)31(40(35)23(2)3)18-17-29(41)20-30(42)21-32(43)44;/h5-19,23,29-30,41-42H,4,20-22H2,1-3H3,(H,39,45)(H,43,44);/q;+1/p-1/b18-17+;/t29-,30-;/m1./s1. The molecule has 0 aliphatic rings. The maximum Gasteiger partial charge on any atom is 1.00 e. The van der Waals surface area contributed by atoms with Crippen LogP contribution in [0.5, 0.6) is 0 Å². The van der Waals surface area contributed by atoms with Gasteiger partial charge >= 0.3 is 35.5 Å². The van der Waals surface area contributed by atoms with E-state index in [0.717, 1.165) is 5.56 Å². The number of carbonyl (C=O) groups excluding carboxylic acids is 3. The van der Waals surface area contributed by atoms with Gasteiger partial charge in [-0.3, -0.25) is 4.79 Å². The van der Waals surface area contributed by atoms with Crippen LogP contribution in [-0.2, 0) is 16.1 Å². The molecule has 246 valence electrons. The molecule has 9 nitrogen and oxygen atoms in total. The number of carbonyl (C=O) groups is 3. The summed E-state index contributed by atoms with van der Waals surface area (Å²) in [7, 11) is 0. The molecule has 0 bridgehead atoms. The number of ether oxygens (including phenoxy) is 1. The van der Waals surface area contributed by atoms with Crippen molar-refractivity contribution >= 4 is 23.9 Å². The largest absolute Gasteiger partial charge is 1.00 e. The van der Waals surface area contributed by atoms with Crippen LogP contribution >= 0.6 is 0 Å². The molecular weight excluding hydrogens is 626 g/mol. The monoisotopic (exact) mass is 664 g/mol. The maximum absolute atomic E-state index is 14.2. The van der Waals surface area contributed by atoms with Crippen LogP contribution < -0.4 is 40.0 Å². The van der Waals surface area contributed by atoms with Crippen molar-refractivity contribution in [1.82, 2.24) is 9.88 Å². The van der Waals surface area contributed by atoms with Gasteiger partial charge < -0.3 is 34.7 Å². The first-order valence-electron chi connectivity index (χ1n) is 15.4. The molecule has 2 atom stereocenters. The van der Waals surface area contributed by atoms with Gasteiger partial charge in [0.1, 0.15) is 11.5 Å². The summed E-state index contributed by atoms with van der Waals surface area (Å²) in [5.41, 5.74) is 4.43. The van der Waals surface area contributed by atoms with Crippen molar-refractivity contribution in [2.45, 2.75) is 58.4 Å². The van der Waals surface area contributed by atoms with E-state index < -0.39 is 42.3 Å². The number of carboxylic acids is 1. The number of halogens is 1. The van der Waals surface area contributed by atoms with Crippen molar-refractivity contribution in [1.29, 1.82) is 0 Å². The van der Waals surface area contributed by atoms with E-state index in [2.05, 4.69) is 5.32 Å². The molecule has 3 aromatic carbocycles. The van der Waals surface area contributed by atoms with Gasteiger partial charge in [0, 0.05) is 48.2 Å². The minimum Gasteiger partial charge on any atom is -0.550 e. The fourth-order valence-corrected chi connectivity index (χ4v) is 5.45. The van der Waals surface area contributed by atoms with Crippen molar-refractivity contribution in [3.05, 3.63) is 113 Å². The number of aromatic nitrogens is 1. The summed E-state index contributed by atoms with van der Waals surface area (Å²) < 4.78 is 21.0. The topological polar surface area (TPSA) is 141 Å². The summed E-state index contributed by atoms with van der Waals surface area (Å²) in [6, 6.07) is 21.7. The first-order chi connectivity index (χ1) is 22.5. The van der Waals surface area contributed by atoms with Gasteiger partial charge in [0.2, 0.25) is 0 Å². The van der Waals surface area contributed by atoms with Gasteiger partial charge in [0.05, 0.1) is 24.4 Å². The second-order valence-corrected chi connectivity index (χ2v) is 11.3. The Morgan fingerprint density at radius 2 is 1.62 bits per heavy atom. The third kappa shape index (κ3) is 9.74. The van der Waals surface area contributed by atoms with Crippen molar-refractivity contribution in [3.63, 3.8) is 0 Å². The van der Waals surface area contributed by atoms with Gasteiger partial charge in [-0.2, -0.15) is 0 Å². The third-order valence-electron chi connectivity index (χ3n) is 7.45. The molecule has 1 aromatic heterocycles. The Kier molecular flexibility index (Phi) is 14.3. The van der Waals surface area contributed by atoms with Crippen LogP contribution in [-0.4, -0.2) is 51.4 Å². The summed E-state index contributed by atoms with van der Waals surface area (Å²) in [5, 5.41) is 34.7. The maximum atomic E-state index is 14.2. The molecule has 48 heavy (non-hydrogen) atoms. The van der Waals surface area contributed by atoms with Gasteiger partial charge in [-0.1, -0.05) is 60.7 Å². The average Bonchev–Trinajstić information content (AvgIpc) is 3.39. The zero-order valence-corrected chi connectivity index (χ0v) is 29.5. The smallest absolute Gasteiger partial charge is 0.550 e. The number of hydrogen-bond acceptors (Lipinski definition) is 7. The molecule has 0 saturated carbocycles. The molecule has 11 heteroatoms. The molecule has 0 fully saturated rings. The summed E-state index contributed by atoms with van der Waals surface area (Å²) in [5.74, 6) is -2.74. The average molecular weight is 665 g/mol. The Bertz CT molecular complexity index is 1740. The quantitative estimate of drug-likeness (QED) is 0.138. The van der Waals surface area contributed by atoms with E-state index in [0.29, 0.717) is 39.2 Å². The Hall–Kier alpha value is -4.06. The number of aliphatic hydroxyl groups is 2. The fourth-order valence-electron chi connectivity index (χ4n) is 5.45. The van der Waals surface area contributed by atoms with Gasteiger partial charge in [0.15, 0.2) is 0 Å². The minimum atomic E-state index is -1.43. The number of amides is 1. The van der Waals surface area contributed by atoms with Crippen molar-refractivity contribution in [2.24, 2.45) is 0 Å². The SMILES string of the molecule is CCOC(=O)c1cccc(CNC(=O)c2c(-c3ccccc3)c(-c3ccc(F)cc3)c(/C=C/[C@@H](O)C[C@@H](O)CC(=O)[O-])n2C(C)C)c1.[Na+]. The molecule has 0 radical (unpaired) electrons. The molecule has 0 spiro atoms. The number of aliphatic hydroxyl groups excluding tert-OH is 2. The van der Waals surface area contributed by atoms with Gasteiger partial charge in [-0.25, -0.2) is 9.18 Å². The zero-order valence-electron chi connectivity index (χ0n) is 27.5. The van der Waals surface area contributed by atoms with Crippen LogP contribution in [0.1, 0.15) is 71.8 Å². The molecular formula is C37H38FN2NaO7. The Balaban J connectivity index is 0.00000625. The number of benzene rings is 3. The number of carboxylic acid groups (broad SMARTS) is 1. The van der Waals surface area contributed by atoms with Crippen molar-refractivity contribution < 1.29 is 68.4 Å². The second kappa shape index (κ2) is 17.9. The Labute approximate surface area is 301 Å². The van der Waals surface area contributed by atoms with Gasteiger partial charge in [-0.05, 0) is 67.8 Å². The summed E-state index contributed by atoms with van der Waals surface area (Å²) in [6.07, 6.45) is -0.360.